The third kappa shape index (κ3) is 3.22. The van der Waals surface area contributed by atoms with Gasteiger partial charge in [-0.15, -0.1) is 0 Å². The summed E-state index contributed by atoms with van der Waals surface area (Å²) in [7, 11) is 1.29. The lowest BCUT2D eigenvalue weighted by atomic mass is 10.1. The van der Waals surface area contributed by atoms with Crippen LogP contribution in [0.4, 0.5) is 0 Å². The quantitative estimate of drug-likeness (QED) is 0.532. The maximum Gasteiger partial charge on any atom is 0.337 e. The number of carbonyl (C=O) groups excluding carboxylic acids is 2. The lowest BCUT2D eigenvalue weighted by Gasteiger charge is -2.00. The number of ether oxygens (including phenoxy) is 1. The van der Waals surface area contributed by atoms with Crippen LogP contribution in [0.15, 0.2) is 47.6 Å². The molecule has 0 bridgehead atoms. The first-order chi connectivity index (χ1) is 7.15. The smallest absolute Gasteiger partial charge is 0.337 e. The van der Waals surface area contributed by atoms with E-state index in [-0.39, 0.29) is 0 Å². The number of allylic oxidation sites excluding steroid dienone is 6. The van der Waals surface area contributed by atoms with Crippen LogP contribution in [-0.2, 0) is 14.3 Å². The molecule has 0 aromatic rings. The Hall–Kier alpha value is -1.61. The van der Waals surface area contributed by atoms with Crippen molar-refractivity contribution in [2.24, 2.45) is 0 Å². The molecule has 78 valence electrons. The average Bonchev–Trinajstić information content (AvgIpc) is 2.16. The average molecular weight is 225 g/mol. The summed E-state index contributed by atoms with van der Waals surface area (Å²) in [5, 5.41) is -0.568. The minimum absolute atomic E-state index is 0.322. The lowest BCUT2D eigenvalue weighted by molar-refractivity contribution is -0.135. The first-order valence-corrected chi connectivity index (χ1v) is 4.58. The number of rotatable bonds is 2. The van der Waals surface area contributed by atoms with Crippen molar-refractivity contribution in [3.63, 3.8) is 0 Å². The number of carbonyl (C=O) groups is 2. The molecule has 0 aromatic heterocycles. The highest BCUT2D eigenvalue weighted by atomic mass is 35.5. The molecule has 0 atom stereocenters. The van der Waals surface area contributed by atoms with E-state index in [9.17, 15) is 9.59 Å². The topological polar surface area (TPSA) is 43.4 Å². The van der Waals surface area contributed by atoms with Crippen molar-refractivity contribution >= 4 is 22.8 Å². The molecule has 0 aromatic carbocycles. The summed E-state index contributed by atoms with van der Waals surface area (Å²) in [5.41, 5.74) is 0.680. The Kier molecular flexibility index (Phi) is 4.06. The summed E-state index contributed by atoms with van der Waals surface area (Å²) >= 11 is 5.32. The van der Waals surface area contributed by atoms with Crippen LogP contribution in [0.25, 0.3) is 0 Å². The largest absolute Gasteiger partial charge is 0.465 e. The molecule has 15 heavy (non-hydrogen) atoms. The van der Waals surface area contributed by atoms with Gasteiger partial charge in [0, 0.05) is 5.57 Å². The first kappa shape index (κ1) is 11.5. The standard InChI is InChI=1S/C11H9ClO3/c1-15-11(14)9-5-3-2-4-8(6-7-9)10(12)13/h2-7H,1H3/b3-2-,4-2?,5-3?,7-6-,8-4+,8-6?,9-5+,9-7?. The molecule has 0 fully saturated rings. The van der Waals surface area contributed by atoms with Gasteiger partial charge in [0.2, 0.25) is 0 Å². The second kappa shape index (κ2) is 5.32. The van der Waals surface area contributed by atoms with Crippen molar-refractivity contribution in [1.82, 2.24) is 0 Å². The molecular formula is C11H9ClO3. The van der Waals surface area contributed by atoms with E-state index in [4.69, 9.17) is 11.6 Å². The Bertz CT molecular complexity index is 400. The maximum absolute atomic E-state index is 11.2. The summed E-state index contributed by atoms with van der Waals surface area (Å²) in [6.07, 6.45) is 9.38. The molecule has 0 saturated carbocycles. The van der Waals surface area contributed by atoms with Crippen LogP contribution < -0.4 is 0 Å². The molecule has 1 rings (SSSR count). The van der Waals surface area contributed by atoms with Crippen molar-refractivity contribution in [2.45, 2.75) is 0 Å². The Labute approximate surface area is 92.4 Å². The molecule has 0 heterocycles. The van der Waals surface area contributed by atoms with E-state index in [1.54, 1.807) is 24.3 Å². The third-order valence-electron chi connectivity index (χ3n) is 1.75. The fourth-order valence-corrected chi connectivity index (χ4v) is 1.12. The molecule has 0 unspecified atom stereocenters. The van der Waals surface area contributed by atoms with Gasteiger partial charge in [0.1, 0.15) is 0 Å². The van der Waals surface area contributed by atoms with Gasteiger partial charge in [0.25, 0.3) is 5.24 Å². The van der Waals surface area contributed by atoms with Crippen LogP contribution >= 0.6 is 11.6 Å². The molecule has 1 aliphatic rings. The predicted octanol–water partition coefficient (Wildman–Crippen LogP) is 1.90. The van der Waals surface area contributed by atoms with Gasteiger partial charge in [-0.25, -0.2) is 4.79 Å². The van der Waals surface area contributed by atoms with E-state index < -0.39 is 11.2 Å². The Morgan fingerprint density at radius 2 is 1.67 bits per heavy atom. The zero-order valence-electron chi connectivity index (χ0n) is 8.07. The SMILES string of the molecule is COC(=O)C1=C/C=C\C=C(C(=O)Cl)/C=C\1. The van der Waals surface area contributed by atoms with Gasteiger partial charge < -0.3 is 4.74 Å². The normalized spacial score (nSPS) is 26.0. The van der Waals surface area contributed by atoms with E-state index >= 15 is 0 Å². The van der Waals surface area contributed by atoms with Crippen molar-refractivity contribution in [3.05, 3.63) is 47.6 Å². The maximum atomic E-state index is 11.2. The molecule has 0 spiro atoms. The summed E-state index contributed by atoms with van der Waals surface area (Å²) in [5.74, 6) is -0.459. The van der Waals surface area contributed by atoms with Crippen LogP contribution in [0.1, 0.15) is 0 Å². The number of hydrogen-bond acceptors (Lipinski definition) is 3. The van der Waals surface area contributed by atoms with Crippen LogP contribution in [0.5, 0.6) is 0 Å². The zero-order chi connectivity index (χ0) is 11.3. The van der Waals surface area contributed by atoms with Gasteiger partial charge in [-0.3, -0.25) is 4.79 Å². The van der Waals surface area contributed by atoms with E-state index in [0.717, 1.165) is 0 Å². The van der Waals surface area contributed by atoms with Gasteiger partial charge >= 0.3 is 5.97 Å². The van der Waals surface area contributed by atoms with Crippen molar-refractivity contribution in [2.75, 3.05) is 7.11 Å². The van der Waals surface area contributed by atoms with Gasteiger partial charge in [-0.1, -0.05) is 18.2 Å². The van der Waals surface area contributed by atoms with Gasteiger partial charge in [-0.2, -0.15) is 0 Å². The van der Waals surface area contributed by atoms with Crippen molar-refractivity contribution in [1.29, 1.82) is 0 Å². The summed E-state index contributed by atoms with van der Waals surface area (Å²) in [6, 6.07) is 0. The number of hydrogen-bond donors (Lipinski definition) is 0. The Morgan fingerprint density at radius 1 is 1.13 bits per heavy atom. The van der Waals surface area contributed by atoms with E-state index in [0.29, 0.717) is 11.1 Å². The second-order valence-electron chi connectivity index (χ2n) is 2.73. The Morgan fingerprint density at radius 3 is 2.20 bits per heavy atom. The van der Waals surface area contributed by atoms with Crippen molar-refractivity contribution < 1.29 is 14.3 Å². The van der Waals surface area contributed by atoms with Crippen molar-refractivity contribution in [3.8, 4) is 0 Å². The molecule has 0 saturated heterocycles. The predicted molar refractivity (Wildman–Crippen MR) is 57.3 cm³/mol. The fourth-order valence-electron chi connectivity index (χ4n) is 0.994. The lowest BCUT2D eigenvalue weighted by Crippen LogP contribution is -2.03. The minimum Gasteiger partial charge on any atom is -0.465 e. The van der Waals surface area contributed by atoms with Gasteiger partial charge in [0.15, 0.2) is 0 Å². The fraction of sp³-hybridized carbons (Fsp3) is 0.0909. The molecular weight excluding hydrogens is 216 g/mol. The van der Waals surface area contributed by atoms with Crippen LogP contribution in [0, 0.1) is 0 Å². The van der Waals surface area contributed by atoms with E-state index in [1.165, 1.54) is 19.3 Å². The highest BCUT2D eigenvalue weighted by molar-refractivity contribution is 6.68. The van der Waals surface area contributed by atoms with Crippen LogP contribution in [0.3, 0.4) is 0 Å². The number of methoxy groups -OCH3 is 1. The highest BCUT2D eigenvalue weighted by Gasteiger charge is 2.07. The molecule has 0 N–H and O–H groups in total. The molecule has 0 amide bonds. The second-order valence-corrected chi connectivity index (χ2v) is 3.07. The molecule has 3 nitrogen and oxygen atoms in total. The number of esters is 1. The zero-order valence-corrected chi connectivity index (χ0v) is 8.82. The summed E-state index contributed by atoms with van der Waals surface area (Å²) in [6.45, 7) is 0. The molecule has 1 aliphatic carbocycles. The summed E-state index contributed by atoms with van der Waals surface area (Å²) < 4.78 is 4.55. The Balaban J connectivity index is 2.96. The van der Waals surface area contributed by atoms with Gasteiger partial charge in [-0.05, 0) is 29.8 Å². The first-order valence-electron chi connectivity index (χ1n) is 4.20. The number of halogens is 1. The van der Waals surface area contributed by atoms with E-state index in [2.05, 4.69) is 4.74 Å². The third-order valence-corrected chi connectivity index (χ3v) is 1.97. The minimum atomic E-state index is -0.568. The van der Waals surface area contributed by atoms with Crippen LogP contribution in [-0.4, -0.2) is 18.3 Å². The monoisotopic (exact) mass is 224 g/mol. The van der Waals surface area contributed by atoms with Crippen LogP contribution in [0.2, 0.25) is 0 Å². The molecule has 4 heteroatoms. The molecule has 0 radical (unpaired) electrons. The van der Waals surface area contributed by atoms with E-state index in [1.807, 2.05) is 0 Å². The summed E-state index contributed by atoms with van der Waals surface area (Å²) in [4.78, 5) is 22.1. The molecule has 0 aliphatic heterocycles. The highest BCUT2D eigenvalue weighted by Crippen LogP contribution is 2.10. The van der Waals surface area contributed by atoms with Gasteiger partial charge in [0.05, 0.1) is 12.7 Å².